The van der Waals surface area contributed by atoms with Gasteiger partial charge in [0.1, 0.15) is 0 Å². The number of aromatic nitrogens is 1. The largest absolute Gasteiger partial charge is 0.323 e. The molecule has 0 aliphatic carbocycles. The van der Waals surface area contributed by atoms with Crippen molar-refractivity contribution in [1.29, 1.82) is 5.26 Å². The molecule has 0 bridgehead atoms. The predicted octanol–water partition coefficient (Wildman–Crippen LogP) is 2.15. The molecule has 1 aromatic carbocycles. The molecule has 74 valence electrons. The van der Waals surface area contributed by atoms with Gasteiger partial charge < -0.3 is 5.73 Å². The third-order valence-electron chi connectivity index (χ3n) is 2.39. The zero-order valence-corrected chi connectivity index (χ0v) is 8.22. The molecule has 15 heavy (non-hydrogen) atoms. The molecular weight excluding hydrogens is 186 g/mol. The predicted molar refractivity (Wildman–Crippen MR) is 58.9 cm³/mol. The van der Waals surface area contributed by atoms with Gasteiger partial charge in [0.2, 0.25) is 0 Å². The van der Waals surface area contributed by atoms with Crippen molar-refractivity contribution >= 4 is 10.9 Å². The van der Waals surface area contributed by atoms with Gasteiger partial charge in [-0.15, -0.1) is 0 Å². The maximum Gasteiger partial charge on any atom is 0.0705 e. The molecule has 0 aliphatic rings. The van der Waals surface area contributed by atoms with Gasteiger partial charge in [0, 0.05) is 17.6 Å². The van der Waals surface area contributed by atoms with Crippen molar-refractivity contribution in [3.05, 3.63) is 42.1 Å². The molecule has 2 aromatic rings. The van der Waals surface area contributed by atoms with E-state index in [-0.39, 0.29) is 6.04 Å². The van der Waals surface area contributed by atoms with E-state index >= 15 is 0 Å². The molecule has 2 rings (SSSR count). The van der Waals surface area contributed by atoms with E-state index in [0.717, 1.165) is 16.5 Å². The Morgan fingerprint density at radius 2 is 2.13 bits per heavy atom. The number of hydrogen-bond donors (Lipinski definition) is 1. The number of pyridine rings is 1. The summed E-state index contributed by atoms with van der Waals surface area (Å²) in [5, 5.41) is 9.65. The molecule has 0 fully saturated rings. The van der Waals surface area contributed by atoms with E-state index in [1.807, 2.05) is 30.3 Å². The van der Waals surface area contributed by atoms with E-state index in [0.29, 0.717) is 6.42 Å². The standard InChI is InChI=1S/C12H11N3/c13-7-5-11(14)9-6-8-15-12-4-2-1-3-10(9)12/h1-4,6,8,11H,5,14H2/t11-/m1/s1. The third-order valence-corrected chi connectivity index (χ3v) is 2.39. The van der Waals surface area contributed by atoms with E-state index in [2.05, 4.69) is 11.1 Å². The van der Waals surface area contributed by atoms with E-state index in [4.69, 9.17) is 11.0 Å². The second-order valence-corrected chi connectivity index (χ2v) is 3.39. The summed E-state index contributed by atoms with van der Waals surface area (Å²) in [6.07, 6.45) is 2.06. The highest BCUT2D eigenvalue weighted by atomic mass is 14.7. The van der Waals surface area contributed by atoms with Crippen LogP contribution in [0.25, 0.3) is 10.9 Å². The van der Waals surface area contributed by atoms with Crippen LogP contribution in [0.3, 0.4) is 0 Å². The monoisotopic (exact) mass is 197 g/mol. The van der Waals surface area contributed by atoms with E-state index in [1.165, 1.54) is 0 Å². The first-order chi connectivity index (χ1) is 7.33. The number of nitrogens with two attached hydrogens (primary N) is 1. The van der Waals surface area contributed by atoms with Gasteiger partial charge in [-0.1, -0.05) is 18.2 Å². The normalized spacial score (nSPS) is 12.3. The van der Waals surface area contributed by atoms with Crippen LogP contribution in [0.2, 0.25) is 0 Å². The van der Waals surface area contributed by atoms with E-state index in [9.17, 15) is 0 Å². The van der Waals surface area contributed by atoms with Crippen molar-refractivity contribution in [3.63, 3.8) is 0 Å². The van der Waals surface area contributed by atoms with Gasteiger partial charge in [-0.3, -0.25) is 4.98 Å². The van der Waals surface area contributed by atoms with Crippen molar-refractivity contribution in [1.82, 2.24) is 4.98 Å². The summed E-state index contributed by atoms with van der Waals surface area (Å²) in [6.45, 7) is 0. The summed E-state index contributed by atoms with van der Waals surface area (Å²) in [5.41, 5.74) is 7.83. The van der Waals surface area contributed by atoms with Gasteiger partial charge in [0.25, 0.3) is 0 Å². The molecule has 0 spiro atoms. The van der Waals surface area contributed by atoms with Gasteiger partial charge >= 0.3 is 0 Å². The van der Waals surface area contributed by atoms with Crippen molar-refractivity contribution in [2.24, 2.45) is 5.73 Å². The quantitative estimate of drug-likeness (QED) is 0.802. The Hall–Kier alpha value is -1.92. The SMILES string of the molecule is N#CC[C@@H](N)c1ccnc2ccccc12. The Labute approximate surface area is 88.2 Å². The van der Waals surface area contributed by atoms with Crippen LogP contribution in [0.1, 0.15) is 18.0 Å². The van der Waals surface area contributed by atoms with Crippen LogP contribution >= 0.6 is 0 Å². The molecule has 0 unspecified atom stereocenters. The Kier molecular flexibility index (Phi) is 2.61. The van der Waals surface area contributed by atoms with Crippen molar-refractivity contribution in [3.8, 4) is 6.07 Å². The topological polar surface area (TPSA) is 62.7 Å². The number of nitriles is 1. The van der Waals surface area contributed by atoms with Crippen LogP contribution in [-0.2, 0) is 0 Å². The van der Waals surface area contributed by atoms with Gasteiger partial charge in [-0.2, -0.15) is 5.26 Å². The third kappa shape index (κ3) is 1.80. The average molecular weight is 197 g/mol. The fourth-order valence-corrected chi connectivity index (χ4v) is 1.65. The number of para-hydroxylation sites is 1. The smallest absolute Gasteiger partial charge is 0.0705 e. The summed E-state index contributed by atoms with van der Waals surface area (Å²) >= 11 is 0. The molecule has 1 heterocycles. The maximum atomic E-state index is 8.62. The highest BCUT2D eigenvalue weighted by Crippen LogP contribution is 2.22. The maximum absolute atomic E-state index is 8.62. The van der Waals surface area contributed by atoms with E-state index in [1.54, 1.807) is 6.20 Å². The van der Waals surface area contributed by atoms with Crippen LogP contribution in [-0.4, -0.2) is 4.98 Å². The summed E-state index contributed by atoms with van der Waals surface area (Å²) in [5.74, 6) is 0. The second kappa shape index (κ2) is 4.07. The summed E-state index contributed by atoms with van der Waals surface area (Å²) in [6, 6.07) is 11.5. The lowest BCUT2D eigenvalue weighted by Gasteiger charge is -2.10. The first-order valence-electron chi connectivity index (χ1n) is 4.79. The first-order valence-corrected chi connectivity index (χ1v) is 4.79. The zero-order chi connectivity index (χ0) is 10.7. The molecule has 1 aromatic heterocycles. The molecule has 3 nitrogen and oxygen atoms in total. The lowest BCUT2D eigenvalue weighted by molar-refractivity contribution is 0.754. The summed E-state index contributed by atoms with van der Waals surface area (Å²) < 4.78 is 0. The van der Waals surface area contributed by atoms with Crippen LogP contribution in [0, 0.1) is 11.3 Å². The summed E-state index contributed by atoms with van der Waals surface area (Å²) in [7, 11) is 0. The Morgan fingerprint density at radius 3 is 2.93 bits per heavy atom. The van der Waals surface area contributed by atoms with Crippen LogP contribution in [0.15, 0.2) is 36.5 Å². The highest BCUT2D eigenvalue weighted by Gasteiger charge is 2.08. The number of nitrogens with zero attached hydrogens (tertiary/aromatic N) is 2. The van der Waals surface area contributed by atoms with Crippen molar-refractivity contribution in [2.45, 2.75) is 12.5 Å². The van der Waals surface area contributed by atoms with Crippen LogP contribution in [0.5, 0.6) is 0 Å². The molecule has 2 N–H and O–H groups in total. The molecule has 3 heteroatoms. The van der Waals surface area contributed by atoms with Crippen molar-refractivity contribution < 1.29 is 0 Å². The Bertz CT molecular complexity index is 508. The van der Waals surface area contributed by atoms with Crippen LogP contribution < -0.4 is 5.73 Å². The lowest BCUT2D eigenvalue weighted by atomic mass is 10.0. The zero-order valence-electron chi connectivity index (χ0n) is 8.22. The minimum atomic E-state index is -0.233. The molecular formula is C12H11N3. The Morgan fingerprint density at radius 1 is 1.33 bits per heavy atom. The van der Waals surface area contributed by atoms with Crippen LogP contribution in [0.4, 0.5) is 0 Å². The fourth-order valence-electron chi connectivity index (χ4n) is 1.65. The van der Waals surface area contributed by atoms with Gasteiger partial charge in [-0.05, 0) is 17.7 Å². The molecule has 0 saturated heterocycles. The minimum Gasteiger partial charge on any atom is -0.323 e. The molecule has 1 atom stereocenters. The number of rotatable bonds is 2. The molecule has 0 amide bonds. The fraction of sp³-hybridized carbons (Fsp3) is 0.167. The molecule has 0 saturated carbocycles. The molecule has 0 aliphatic heterocycles. The lowest BCUT2D eigenvalue weighted by Crippen LogP contribution is -2.09. The number of fused-ring (bicyclic) bond motifs is 1. The minimum absolute atomic E-state index is 0.233. The van der Waals surface area contributed by atoms with Crippen molar-refractivity contribution in [2.75, 3.05) is 0 Å². The highest BCUT2D eigenvalue weighted by molar-refractivity contribution is 5.82. The van der Waals surface area contributed by atoms with Gasteiger partial charge in [-0.25, -0.2) is 0 Å². The van der Waals surface area contributed by atoms with Gasteiger partial charge in [0.05, 0.1) is 18.0 Å². The molecule has 0 radical (unpaired) electrons. The second-order valence-electron chi connectivity index (χ2n) is 3.39. The number of hydrogen-bond acceptors (Lipinski definition) is 3. The summed E-state index contributed by atoms with van der Waals surface area (Å²) in [4.78, 5) is 4.25. The number of benzene rings is 1. The average Bonchev–Trinajstić information content (AvgIpc) is 2.28. The first kappa shape index (κ1) is 9.63. The van der Waals surface area contributed by atoms with Gasteiger partial charge in [0.15, 0.2) is 0 Å². The van der Waals surface area contributed by atoms with E-state index < -0.39 is 0 Å². The Balaban J connectivity index is 2.56.